The van der Waals surface area contributed by atoms with E-state index >= 15 is 0 Å². The van der Waals surface area contributed by atoms with Crippen molar-refractivity contribution in [2.24, 2.45) is 5.73 Å². The van der Waals surface area contributed by atoms with Gasteiger partial charge in [0, 0.05) is 18.7 Å². The summed E-state index contributed by atoms with van der Waals surface area (Å²) < 4.78 is 0. The first-order valence-electron chi connectivity index (χ1n) is 9.89. The van der Waals surface area contributed by atoms with Crippen LogP contribution in [0.25, 0.3) is 11.3 Å². The Hall–Kier alpha value is -2.46. The van der Waals surface area contributed by atoms with Gasteiger partial charge in [-0.15, -0.1) is 35.1 Å². The number of anilines is 1. The minimum absolute atomic E-state index is 0. The van der Waals surface area contributed by atoms with Gasteiger partial charge in [0.05, 0.1) is 5.69 Å². The lowest BCUT2D eigenvalue weighted by Crippen LogP contribution is -2.42. The van der Waals surface area contributed by atoms with Gasteiger partial charge < -0.3 is 20.6 Å². The Labute approximate surface area is 201 Å². The van der Waals surface area contributed by atoms with Crippen molar-refractivity contribution in [2.45, 2.75) is 18.9 Å². The monoisotopic (exact) mass is 494 g/mol. The topological polar surface area (TPSA) is 99.8 Å². The summed E-state index contributed by atoms with van der Waals surface area (Å²) in [6.45, 7) is 2.23. The van der Waals surface area contributed by atoms with Crippen LogP contribution in [0.2, 0.25) is 0 Å². The van der Waals surface area contributed by atoms with Gasteiger partial charge in [-0.05, 0) is 68.0 Å². The molecule has 4 heterocycles. The van der Waals surface area contributed by atoms with Gasteiger partial charge in [0.15, 0.2) is 0 Å². The van der Waals surface area contributed by atoms with Gasteiger partial charge in [-0.3, -0.25) is 4.79 Å². The number of hydrogen-bond acceptors (Lipinski definition) is 7. The molecule has 0 atom stereocenters. The highest BCUT2D eigenvalue weighted by Gasteiger charge is 2.22. The molecule has 3 aromatic heterocycles. The highest BCUT2D eigenvalue weighted by Crippen LogP contribution is 2.29. The van der Waals surface area contributed by atoms with Crippen LogP contribution >= 0.6 is 35.1 Å². The molecular formula is C22H27ClN4O3S2. The number of carbonyl (C=O) groups is 2. The molecule has 0 radical (unpaired) electrons. The van der Waals surface area contributed by atoms with Crippen molar-refractivity contribution in [3.8, 4) is 11.3 Å². The Morgan fingerprint density at radius 2 is 1.84 bits per heavy atom. The van der Waals surface area contributed by atoms with Crippen LogP contribution < -0.4 is 10.6 Å². The maximum absolute atomic E-state index is 11.5. The van der Waals surface area contributed by atoms with Crippen LogP contribution in [0, 0.1) is 0 Å². The second-order valence-corrected chi connectivity index (χ2v) is 9.20. The summed E-state index contributed by atoms with van der Waals surface area (Å²) >= 11 is 2.59. The molecule has 1 fully saturated rings. The van der Waals surface area contributed by atoms with Gasteiger partial charge in [0.25, 0.3) is 5.91 Å². The average Bonchev–Trinajstić information content (AvgIpc) is 3.47. The van der Waals surface area contributed by atoms with Crippen molar-refractivity contribution in [2.75, 3.05) is 32.1 Å². The van der Waals surface area contributed by atoms with Crippen LogP contribution in [0.5, 0.6) is 0 Å². The smallest absolute Gasteiger partial charge is 0.345 e. The molecule has 7 nitrogen and oxygen atoms in total. The number of nitrogens with zero attached hydrogens (tertiary/aromatic N) is 3. The lowest BCUT2D eigenvalue weighted by atomic mass is 10.0. The Bertz CT molecular complexity index is 1020. The largest absolute Gasteiger partial charge is 0.477 e. The molecule has 32 heavy (non-hydrogen) atoms. The van der Waals surface area contributed by atoms with Crippen LogP contribution in [0.15, 0.2) is 47.2 Å². The fourth-order valence-corrected chi connectivity index (χ4v) is 4.76. The third-order valence-electron chi connectivity index (χ3n) is 5.23. The van der Waals surface area contributed by atoms with Gasteiger partial charge in [-0.2, -0.15) is 0 Å². The summed E-state index contributed by atoms with van der Waals surface area (Å²) in [6, 6.07) is 11.7. The number of hydrogen-bond donors (Lipinski definition) is 2. The number of rotatable bonds is 5. The average molecular weight is 495 g/mol. The number of likely N-dealkylation sites (tertiary alicyclic amines) is 1. The lowest BCUT2D eigenvalue weighted by Gasteiger charge is -2.35. The SMILES string of the molecule is CN1CCC(N(C)c2cccc(-c3ccsc3C(N)=O)n2)CC1.Cl.O=C(O)c1cccs1. The van der Waals surface area contributed by atoms with Crippen molar-refractivity contribution in [3.63, 3.8) is 0 Å². The molecule has 0 spiro atoms. The number of carboxylic acid groups (broad SMARTS) is 1. The highest BCUT2D eigenvalue weighted by molar-refractivity contribution is 7.12. The number of aromatic carboxylic acids is 1. The Morgan fingerprint density at radius 1 is 1.12 bits per heavy atom. The Balaban J connectivity index is 0.000000342. The molecule has 3 N–H and O–H groups in total. The number of thiophene rings is 2. The molecule has 0 aromatic carbocycles. The normalized spacial score (nSPS) is 14.1. The number of amides is 1. The molecule has 172 valence electrons. The van der Waals surface area contributed by atoms with E-state index in [1.807, 2.05) is 29.6 Å². The van der Waals surface area contributed by atoms with E-state index in [4.69, 9.17) is 15.8 Å². The number of piperidine rings is 1. The first-order chi connectivity index (χ1) is 14.9. The van der Waals surface area contributed by atoms with Crippen LogP contribution in [-0.2, 0) is 0 Å². The molecule has 0 saturated carbocycles. The van der Waals surface area contributed by atoms with Crippen LogP contribution in [0.1, 0.15) is 32.2 Å². The predicted molar refractivity (Wildman–Crippen MR) is 134 cm³/mol. The molecule has 1 aliphatic heterocycles. The standard InChI is InChI=1S/C17H22N4OS.C5H4O2S.ClH/c1-20-9-6-12(7-10-20)21(2)15-5-3-4-14(19-15)13-8-11-23-16(13)17(18)22;6-5(7)4-2-1-3-8-4;/h3-5,8,11-12H,6-7,9-10H2,1-2H3,(H2,18,22);1-3H,(H,6,7);1H. The summed E-state index contributed by atoms with van der Waals surface area (Å²) in [6.07, 6.45) is 2.29. The van der Waals surface area contributed by atoms with E-state index in [-0.39, 0.29) is 12.4 Å². The summed E-state index contributed by atoms with van der Waals surface area (Å²) in [5.74, 6) is -0.301. The second kappa shape index (κ2) is 12.0. The van der Waals surface area contributed by atoms with E-state index in [1.54, 1.807) is 17.5 Å². The lowest BCUT2D eigenvalue weighted by molar-refractivity contribution is 0.0702. The molecule has 1 amide bonds. The quantitative estimate of drug-likeness (QED) is 0.548. The van der Waals surface area contributed by atoms with Crippen molar-refractivity contribution in [1.29, 1.82) is 0 Å². The minimum atomic E-state index is -0.847. The van der Waals surface area contributed by atoms with Gasteiger partial charge >= 0.3 is 5.97 Å². The van der Waals surface area contributed by atoms with Crippen molar-refractivity contribution >= 4 is 52.8 Å². The van der Waals surface area contributed by atoms with E-state index in [0.29, 0.717) is 15.8 Å². The molecule has 1 aliphatic rings. The number of carboxylic acids is 1. The number of halogens is 1. The Kier molecular flexibility index (Phi) is 9.64. The summed E-state index contributed by atoms with van der Waals surface area (Å²) in [5.41, 5.74) is 7.08. The van der Waals surface area contributed by atoms with Gasteiger partial charge in [0.2, 0.25) is 0 Å². The summed E-state index contributed by atoms with van der Waals surface area (Å²) in [5, 5.41) is 11.9. The maximum atomic E-state index is 11.5. The Morgan fingerprint density at radius 3 is 2.41 bits per heavy atom. The predicted octanol–water partition coefficient (Wildman–Crippen LogP) is 4.31. The molecule has 4 rings (SSSR count). The van der Waals surface area contributed by atoms with Crippen LogP contribution in [0.4, 0.5) is 5.82 Å². The molecule has 0 unspecified atom stereocenters. The fourth-order valence-electron chi connectivity index (χ4n) is 3.44. The number of pyridine rings is 1. The molecular weight excluding hydrogens is 468 g/mol. The number of primary amides is 1. The summed E-state index contributed by atoms with van der Waals surface area (Å²) in [7, 11) is 4.27. The second-order valence-electron chi connectivity index (χ2n) is 7.34. The first kappa shape index (κ1) is 25.8. The molecule has 1 saturated heterocycles. The fraction of sp³-hybridized carbons (Fsp3) is 0.318. The van der Waals surface area contributed by atoms with Gasteiger partial charge in [-0.1, -0.05) is 12.1 Å². The molecule has 0 aliphatic carbocycles. The van der Waals surface area contributed by atoms with Crippen LogP contribution in [0.3, 0.4) is 0 Å². The van der Waals surface area contributed by atoms with Gasteiger partial charge in [0.1, 0.15) is 15.6 Å². The van der Waals surface area contributed by atoms with Crippen molar-refractivity contribution < 1.29 is 14.7 Å². The van der Waals surface area contributed by atoms with E-state index in [9.17, 15) is 9.59 Å². The van der Waals surface area contributed by atoms with E-state index in [0.717, 1.165) is 43.0 Å². The zero-order valence-corrected chi connectivity index (χ0v) is 20.4. The third-order valence-corrected chi connectivity index (χ3v) is 7.02. The van der Waals surface area contributed by atoms with E-state index in [1.165, 1.54) is 22.7 Å². The van der Waals surface area contributed by atoms with Crippen LogP contribution in [-0.4, -0.2) is 60.1 Å². The molecule has 0 bridgehead atoms. The third kappa shape index (κ3) is 6.52. The van der Waals surface area contributed by atoms with Crippen molar-refractivity contribution in [1.82, 2.24) is 9.88 Å². The molecule has 3 aromatic rings. The minimum Gasteiger partial charge on any atom is -0.477 e. The number of aromatic nitrogens is 1. The summed E-state index contributed by atoms with van der Waals surface area (Å²) in [4.78, 5) is 32.0. The zero-order valence-electron chi connectivity index (χ0n) is 17.9. The van der Waals surface area contributed by atoms with E-state index in [2.05, 4.69) is 23.9 Å². The number of nitrogens with two attached hydrogens (primary N) is 1. The highest BCUT2D eigenvalue weighted by atomic mass is 35.5. The van der Waals surface area contributed by atoms with E-state index < -0.39 is 11.9 Å². The first-order valence-corrected chi connectivity index (χ1v) is 11.7. The molecule has 10 heteroatoms. The van der Waals surface area contributed by atoms with Crippen molar-refractivity contribution in [3.05, 3.63) is 56.9 Å². The zero-order chi connectivity index (χ0) is 22.4. The van der Waals surface area contributed by atoms with Gasteiger partial charge in [-0.25, -0.2) is 9.78 Å². The number of carbonyl (C=O) groups excluding carboxylic acids is 1. The maximum Gasteiger partial charge on any atom is 0.345 e.